The molecule has 0 rings (SSSR count). The molecule has 1 unspecified atom stereocenters. The van der Waals surface area contributed by atoms with Crippen molar-refractivity contribution in [1.29, 1.82) is 0 Å². The molecule has 18 heavy (non-hydrogen) atoms. The lowest BCUT2D eigenvalue weighted by atomic mass is 9.71. The van der Waals surface area contributed by atoms with E-state index in [1.54, 1.807) is 13.8 Å². The van der Waals surface area contributed by atoms with E-state index in [2.05, 4.69) is 0 Å². The van der Waals surface area contributed by atoms with Gasteiger partial charge in [0.25, 0.3) is 0 Å². The van der Waals surface area contributed by atoms with Crippen LogP contribution in [0.15, 0.2) is 0 Å². The number of ether oxygens (including phenoxy) is 2. The van der Waals surface area contributed by atoms with Crippen LogP contribution < -0.4 is 0 Å². The molecule has 4 nitrogen and oxygen atoms in total. The summed E-state index contributed by atoms with van der Waals surface area (Å²) in [6.45, 7) is 9.87. The van der Waals surface area contributed by atoms with E-state index >= 15 is 0 Å². The van der Waals surface area contributed by atoms with E-state index in [0.29, 0.717) is 6.42 Å². The van der Waals surface area contributed by atoms with Crippen LogP contribution in [-0.2, 0) is 19.1 Å². The topological polar surface area (TPSA) is 52.6 Å². The average Bonchev–Trinajstić information content (AvgIpc) is 2.35. The molecule has 106 valence electrons. The molecular weight excluding hydrogens is 232 g/mol. The Bertz CT molecular complexity index is 255. The Morgan fingerprint density at radius 1 is 1.00 bits per heavy atom. The molecule has 0 heterocycles. The van der Waals surface area contributed by atoms with E-state index in [1.165, 1.54) is 0 Å². The molecule has 0 aliphatic rings. The van der Waals surface area contributed by atoms with Crippen LogP contribution in [-0.4, -0.2) is 25.2 Å². The molecule has 0 radical (unpaired) electrons. The second kappa shape index (κ2) is 8.11. The van der Waals surface area contributed by atoms with Gasteiger partial charge in [-0.15, -0.1) is 0 Å². The van der Waals surface area contributed by atoms with Crippen molar-refractivity contribution in [3.05, 3.63) is 0 Å². The van der Waals surface area contributed by atoms with Crippen LogP contribution in [0.1, 0.15) is 53.9 Å². The Balaban J connectivity index is 5.40. The summed E-state index contributed by atoms with van der Waals surface area (Å²) in [7, 11) is 0. The SMILES string of the molecule is CCCC(C(=O)OCC)(C(=O)OCC)C(C)CC. The zero-order valence-corrected chi connectivity index (χ0v) is 12.2. The Morgan fingerprint density at radius 2 is 1.44 bits per heavy atom. The maximum Gasteiger partial charge on any atom is 0.323 e. The Morgan fingerprint density at radius 3 is 1.72 bits per heavy atom. The third-order valence-corrected chi connectivity index (χ3v) is 3.38. The number of carbonyl (C=O) groups excluding carboxylic acids is 2. The highest BCUT2D eigenvalue weighted by Crippen LogP contribution is 2.38. The van der Waals surface area contributed by atoms with Gasteiger partial charge in [0.15, 0.2) is 5.41 Å². The van der Waals surface area contributed by atoms with Crippen LogP contribution in [0.2, 0.25) is 0 Å². The largest absolute Gasteiger partial charge is 0.465 e. The highest BCUT2D eigenvalue weighted by molar-refractivity contribution is 6.00. The van der Waals surface area contributed by atoms with E-state index in [0.717, 1.165) is 12.8 Å². The van der Waals surface area contributed by atoms with E-state index in [-0.39, 0.29) is 19.1 Å². The van der Waals surface area contributed by atoms with Crippen molar-refractivity contribution in [3.63, 3.8) is 0 Å². The standard InChI is InChI=1S/C14H26O4/c1-6-10-14(11(5)7-2,12(15)17-8-3)13(16)18-9-4/h11H,6-10H2,1-5H3. The zero-order chi connectivity index (χ0) is 14.2. The van der Waals surface area contributed by atoms with Crippen LogP contribution in [0.5, 0.6) is 0 Å². The Kier molecular flexibility index (Phi) is 7.64. The maximum atomic E-state index is 12.2. The third-order valence-electron chi connectivity index (χ3n) is 3.38. The highest BCUT2D eigenvalue weighted by atomic mass is 16.6. The van der Waals surface area contributed by atoms with E-state index in [4.69, 9.17) is 9.47 Å². The first-order valence-electron chi connectivity index (χ1n) is 6.85. The van der Waals surface area contributed by atoms with E-state index < -0.39 is 17.4 Å². The molecule has 0 saturated heterocycles. The van der Waals surface area contributed by atoms with Crippen molar-refractivity contribution < 1.29 is 19.1 Å². The molecule has 0 aromatic rings. The third kappa shape index (κ3) is 3.47. The summed E-state index contributed by atoms with van der Waals surface area (Å²) < 4.78 is 10.2. The van der Waals surface area contributed by atoms with Gasteiger partial charge in [-0.25, -0.2) is 0 Å². The van der Waals surface area contributed by atoms with Crippen molar-refractivity contribution in [2.24, 2.45) is 11.3 Å². The lowest BCUT2D eigenvalue weighted by Gasteiger charge is -2.33. The van der Waals surface area contributed by atoms with Crippen molar-refractivity contribution in [2.75, 3.05) is 13.2 Å². The molecular formula is C14H26O4. The normalized spacial score (nSPS) is 12.9. The van der Waals surface area contributed by atoms with Crippen molar-refractivity contribution >= 4 is 11.9 Å². The van der Waals surface area contributed by atoms with Gasteiger partial charge in [0.1, 0.15) is 0 Å². The molecule has 0 bridgehead atoms. The van der Waals surface area contributed by atoms with E-state index in [1.807, 2.05) is 20.8 Å². The van der Waals surface area contributed by atoms with Crippen LogP contribution >= 0.6 is 0 Å². The minimum Gasteiger partial charge on any atom is -0.465 e. The number of hydrogen-bond acceptors (Lipinski definition) is 4. The van der Waals surface area contributed by atoms with Gasteiger partial charge < -0.3 is 9.47 Å². The first-order chi connectivity index (χ1) is 8.50. The summed E-state index contributed by atoms with van der Waals surface area (Å²) in [6, 6.07) is 0. The quantitative estimate of drug-likeness (QED) is 0.496. The van der Waals surface area contributed by atoms with Gasteiger partial charge in [-0.1, -0.05) is 33.6 Å². The van der Waals surface area contributed by atoms with Gasteiger partial charge in [0, 0.05) is 0 Å². The van der Waals surface area contributed by atoms with Gasteiger partial charge in [-0.3, -0.25) is 9.59 Å². The smallest absolute Gasteiger partial charge is 0.323 e. The first kappa shape index (κ1) is 16.9. The summed E-state index contributed by atoms with van der Waals surface area (Å²) in [5.41, 5.74) is -1.14. The summed E-state index contributed by atoms with van der Waals surface area (Å²) in [5, 5.41) is 0. The molecule has 0 fully saturated rings. The highest BCUT2D eigenvalue weighted by Gasteiger charge is 2.51. The lowest BCUT2D eigenvalue weighted by Crippen LogP contribution is -2.47. The minimum atomic E-state index is -1.14. The van der Waals surface area contributed by atoms with Crippen LogP contribution in [0, 0.1) is 11.3 Å². The van der Waals surface area contributed by atoms with Gasteiger partial charge in [-0.2, -0.15) is 0 Å². The second-order valence-electron chi connectivity index (χ2n) is 4.47. The summed E-state index contributed by atoms with van der Waals surface area (Å²) in [4.78, 5) is 24.5. The van der Waals surface area contributed by atoms with E-state index in [9.17, 15) is 9.59 Å². The van der Waals surface area contributed by atoms with Gasteiger partial charge in [0.2, 0.25) is 0 Å². The van der Waals surface area contributed by atoms with Gasteiger partial charge >= 0.3 is 11.9 Å². The first-order valence-corrected chi connectivity index (χ1v) is 6.85. The molecule has 0 aromatic heterocycles. The monoisotopic (exact) mass is 258 g/mol. The maximum absolute atomic E-state index is 12.2. The van der Waals surface area contributed by atoms with Crippen molar-refractivity contribution in [3.8, 4) is 0 Å². The van der Waals surface area contributed by atoms with Crippen LogP contribution in [0.4, 0.5) is 0 Å². The fourth-order valence-electron chi connectivity index (χ4n) is 2.20. The summed E-state index contributed by atoms with van der Waals surface area (Å²) >= 11 is 0. The molecule has 0 saturated carbocycles. The van der Waals surface area contributed by atoms with Crippen molar-refractivity contribution in [1.82, 2.24) is 0 Å². The number of carbonyl (C=O) groups is 2. The minimum absolute atomic E-state index is 0.0875. The summed E-state index contributed by atoms with van der Waals surface area (Å²) in [5.74, 6) is -0.977. The molecule has 0 spiro atoms. The molecule has 4 heteroatoms. The van der Waals surface area contributed by atoms with Crippen LogP contribution in [0.25, 0.3) is 0 Å². The molecule has 1 atom stereocenters. The number of esters is 2. The number of hydrogen-bond donors (Lipinski definition) is 0. The Labute approximate surface area is 110 Å². The Hall–Kier alpha value is -1.06. The van der Waals surface area contributed by atoms with Gasteiger partial charge in [0.05, 0.1) is 13.2 Å². The van der Waals surface area contributed by atoms with Gasteiger partial charge in [-0.05, 0) is 26.2 Å². The zero-order valence-electron chi connectivity index (χ0n) is 12.2. The molecule has 0 aliphatic heterocycles. The predicted molar refractivity (Wildman–Crippen MR) is 70.1 cm³/mol. The van der Waals surface area contributed by atoms with Crippen LogP contribution in [0.3, 0.4) is 0 Å². The predicted octanol–water partition coefficient (Wildman–Crippen LogP) is 2.95. The molecule has 0 amide bonds. The fourth-order valence-corrected chi connectivity index (χ4v) is 2.20. The number of rotatable bonds is 8. The van der Waals surface area contributed by atoms with Crippen molar-refractivity contribution in [2.45, 2.75) is 53.9 Å². The summed E-state index contributed by atoms with van der Waals surface area (Å²) in [6.07, 6.45) is 1.94. The lowest BCUT2D eigenvalue weighted by molar-refractivity contribution is -0.177. The molecule has 0 N–H and O–H groups in total. The fraction of sp³-hybridized carbons (Fsp3) is 0.857. The average molecular weight is 258 g/mol. The second-order valence-corrected chi connectivity index (χ2v) is 4.47. The molecule has 0 aromatic carbocycles. The molecule has 0 aliphatic carbocycles.